The molecule has 2 aromatic rings. The molecule has 2 rings (SSSR count). The second-order valence-corrected chi connectivity index (χ2v) is 6.44. The number of rotatable bonds is 7. The van der Waals surface area contributed by atoms with E-state index in [1.54, 1.807) is 14.1 Å². The molecular formula is C20H24N6OS2. The molecule has 29 heavy (non-hydrogen) atoms. The first-order valence-corrected chi connectivity index (χ1v) is 9.80. The molecule has 0 heterocycles. The fraction of sp³-hybridized carbons (Fsp3) is 0.200. The molecule has 0 aliphatic rings. The van der Waals surface area contributed by atoms with Gasteiger partial charge in [0, 0.05) is 25.2 Å². The Balaban J connectivity index is 2.53. The van der Waals surface area contributed by atoms with E-state index >= 15 is 0 Å². The van der Waals surface area contributed by atoms with E-state index in [1.807, 2.05) is 61.5 Å². The van der Waals surface area contributed by atoms with E-state index in [1.165, 1.54) is 0 Å². The molecule has 0 saturated heterocycles. The highest BCUT2D eigenvalue weighted by molar-refractivity contribution is 7.80. The van der Waals surface area contributed by atoms with Crippen molar-refractivity contribution in [3.8, 4) is 5.75 Å². The first-order valence-electron chi connectivity index (χ1n) is 8.98. The third kappa shape index (κ3) is 6.81. The van der Waals surface area contributed by atoms with Crippen LogP contribution < -0.4 is 26.2 Å². The van der Waals surface area contributed by atoms with Gasteiger partial charge in [0.25, 0.3) is 0 Å². The molecule has 0 aliphatic heterocycles. The Hall–Kier alpha value is -3.04. The predicted molar refractivity (Wildman–Crippen MR) is 127 cm³/mol. The van der Waals surface area contributed by atoms with Gasteiger partial charge in [0.15, 0.2) is 10.2 Å². The van der Waals surface area contributed by atoms with Crippen LogP contribution in [-0.2, 0) is 0 Å². The van der Waals surface area contributed by atoms with Crippen LogP contribution in [0.5, 0.6) is 5.75 Å². The summed E-state index contributed by atoms with van der Waals surface area (Å²) in [6.45, 7) is 2.54. The van der Waals surface area contributed by atoms with E-state index in [0.29, 0.717) is 28.3 Å². The number of hydrogen-bond acceptors (Lipinski definition) is 5. The fourth-order valence-corrected chi connectivity index (χ4v) is 2.40. The maximum Gasteiger partial charge on any atom is 0.186 e. The van der Waals surface area contributed by atoms with Crippen LogP contribution in [0.1, 0.15) is 18.1 Å². The first-order chi connectivity index (χ1) is 14.1. The maximum absolute atomic E-state index is 5.54. The van der Waals surface area contributed by atoms with Gasteiger partial charge >= 0.3 is 0 Å². The van der Waals surface area contributed by atoms with Gasteiger partial charge in [0.1, 0.15) is 17.2 Å². The summed E-state index contributed by atoms with van der Waals surface area (Å²) in [7, 11) is 3.45. The van der Waals surface area contributed by atoms with Gasteiger partial charge < -0.3 is 15.4 Å². The third-order valence-corrected chi connectivity index (χ3v) is 4.29. The third-order valence-electron chi connectivity index (χ3n) is 3.70. The lowest BCUT2D eigenvalue weighted by atomic mass is 10.00. The van der Waals surface area contributed by atoms with E-state index < -0.39 is 0 Å². The van der Waals surface area contributed by atoms with Crippen LogP contribution in [0.3, 0.4) is 0 Å². The van der Waals surface area contributed by atoms with Crippen LogP contribution in [-0.4, -0.2) is 42.4 Å². The van der Waals surface area contributed by atoms with Gasteiger partial charge in [-0.2, -0.15) is 10.2 Å². The minimum absolute atomic E-state index is 0.388. The van der Waals surface area contributed by atoms with Crippen molar-refractivity contribution in [1.82, 2.24) is 21.5 Å². The SMILES string of the molecule is CCOc1ccc(C(=NNC(=S)NC)C(=NNC(=S)NC)c2ccccc2)cc1. The van der Waals surface area contributed by atoms with Crippen molar-refractivity contribution in [3.05, 3.63) is 65.7 Å². The number of benzene rings is 2. The lowest BCUT2D eigenvalue weighted by Gasteiger charge is -2.13. The monoisotopic (exact) mass is 428 g/mol. The Labute approximate surface area is 181 Å². The van der Waals surface area contributed by atoms with Crippen molar-refractivity contribution in [2.75, 3.05) is 20.7 Å². The lowest BCUT2D eigenvalue weighted by Crippen LogP contribution is -2.33. The van der Waals surface area contributed by atoms with E-state index in [4.69, 9.17) is 29.2 Å². The standard InChI is InChI=1S/C20H24N6OS2/c1-4-27-16-12-10-15(11-13-16)18(24-26-20(29)22-3)17(23-25-19(28)21-2)14-8-6-5-7-9-14/h5-13H,4H2,1-3H3,(H2,21,25,28)(H2,22,26,29). The zero-order chi connectivity index (χ0) is 21.1. The second kappa shape index (κ2) is 11.7. The molecule has 0 spiro atoms. The molecule has 0 amide bonds. The molecule has 0 fully saturated rings. The minimum atomic E-state index is 0.388. The fourth-order valence-electron chi connectivity index (χ4n) is 2.31. The summed E-state index contributed by atoms with van der Waals surface area (Å²) >= 11 is 10.3. The largest absolute Gasteiger partial charge is 0.494 e. The molecule has 0 radical (unpaired) electrons. The van der Waals surface area contributed by atoms with Crippen LogP contribution in [0.15, 0.2) is 64.8 Å². The Morgan fingerprint density at radius 3 is 1.72 bits per heavy atom. The van der Waals surface area contributed by atoms with Crippen LogP contribution in [0.4, 0.5) is 0 Å². The van der Waals surface area contributed by atoms with E-state index in [-0.39, 0.29) is 0 Å². The average molecular weight is 429 g/mol. The normalized spacial score (nSPS) is 11.4. The zero-order valence-electron chi connectivity index (χ0n) is 16.5. The molecule has 0 saturated carbocycles. The van der Waals surface area contributed by atoms with Crippen molar-refractivity contribution in [2.24, 2.45) is 10.2 Å². The summed E-state index contributed by atoms with van der Waals surface area (Å²) in [5.74, 6) is 0.780. The van der Waals surface area contributed by atoms with Gasteiger partial charge in [-0.25, -0.2) is 0 Å². The smallest absolute Gasteiger partial charge is 0.186 e. The lowest BCUT2D eigenvalue weighted by molar-refractivity contribution is 0.340. The van der Waals surface area contributed by atoms with Gasteiger partial charge in [-0.1, -0.05) is 30.3 Å². The Morgan fingerprint density at radius 2 is 1.28 bits per heavy atom. The van der Waals surface area contributed by atoms with E-state index in [9.17, 15) is 0 Å². The van der Waals surface area contributed by atoms with Gasteiger partial charge in [-0.15, -0.1) is 0 Å². The molecule has 9 heteroatoms. The zero-order valence-corrected chi connectivity index (χ0v) is 18.2. The second-order valence-electron chi connectivity index (χ2n) is 5.63. The highest BCUT2D eigenvalue weighted by atomic mass is 32.1. The van der Waals surface area contributed by atoms with Crippen molar-refractivity contribution >= 4 is 46.1 Å². The molecule has 7 nitrogen and oxygen atoms in total. The number of hydrogen-bond donors (Lipinski definition) is 4. The van der Waals surface area contributed by atoms with E-state index in [2.05, 4.69) is 31.7 Å². The highest BCUT2D eigenvalue weighted by Gasteiger charge is 2.16. The van der Waals surface area contributed by atoms with Crippen LogP contribution >= 0.6 is 24.4 Å². The summed E-state index contributed by atoms with van der Waals surface area (Å²) in [5.41, 5.74) is 8.56. The molecule has 0 bridgehead atoms. The number of hydrazone groups is 2. The number of ether oxygens (including phenoxy) is 1. The summed E-state index contributed by atoms with van der Waals surface area (Å²) < 4.78 is 5.54. The maximum atomic E-state index is 5.54. The molecule has 0 unspecified atom stereocenters. The van der Waals surface area contributed by atoms with Crippen molar-refractivity contribution in [2.45, 2.75) is 6.92 Å². The molecule has 0 aliphatic carbocycles. The summed E-state index contributed by atoms with van der Waals surface area (Å²) in [5, 5.41) is 15.5. The number of nitrogens with one attached hydrogen (secondary N) is 4. The first kappa shape index (κ1) is 22.3. The molecule has 152 valence electrons. The summed E-state index contributed by atoms with van der Waals surface area (Å²) in [6.07, 6.45) is 0. The van der Waals surface area contributed by atoms with Crippen LogP contribution in [0, 0.1) is 0 Å². The van der Waals surface area contributed by atoms with Gasteiger partial charge in [0.2, 0.25) is 0 Å². The van der Waals surface area contributed by atoms with Crippen molar-refractivity contribution in [3.63, 3.8) is 0 Å². The highest BCUT2D eigenvalue weighted by Crippen LogP contribution is 2.15. The number of thiocarbonyl (C=S) groups is 2. The Kier molecular flexibility index (Phi) is 9.00. The number of nitrogens with zero attached hydrogens (tertiary/aromatic N) is 2. The summed E-state index contributed by atoms with van der Waals surface area (Å²) in [4.78, 5) is 0. The predicted octanol–water partition coefficient (Wildman–Crippen LogP) is 2.38. The minimum Gasteiger partial charge on any atom is -0.494 e. The van der Waals surface area contributed by atoms with Crippen molar-refractivity contribution in [1.29, 1.82) is 0 Å². The van der Waals surface area contributed by atoms with Gasteiger partial charge in [-0.3, -0.25) is 10.9 Å². The van der Waals surface area contributed by atoms with Crippen LogP contribution in [0.25, 0.3) is 0 Å². The topological polar surface area (TPSA) is 82.1 Å². The summed E-state index contributed by atoms with van der Waals surface area (Å²) in [6, 6.07) is 17.3. The van der Waals surface area contributed by atoms with Gasteiger partial charge in [0.05, 0.1) is 6.61 Å². The quantitative estimate of drug-likeness (QED) is 0.306. The molecule has 0 aromatic heterocycles. The average Bonchev–Trinajstić information content (AvgIpc) is 2.77. The van der Waals surface area contributed by atoms with E-state index in [0.717, 1.165) is 16.9 Å². The Morgan fingerprint density at radius 1 is 0.793 bits per heavy atom. The molecule has 4 N–H and O–H groups in total. The van der Waals surface area contributed by atoms with Crippen LogP contribution in [0.2, 0.25) is 0 Å². The van der Waals surface area contributed by atoms with Crippen molar-refractivity contribution < 1.29 is 4.74 Å². The molecular weight excluding hydrogens is 404 g/mol. The molecule has 2 aromatic carbocycles. The Bertz CT molecular complexity index is 882. The van der Waals surface area contributed by atoms with Gasteiger partial charge in [-0.05, 0) is 55.6 Å². The molecule has 0 atom stereocenters.